The SMILES string of the molecule is C/C(=C\c1ccccc1O)CC[C@H]1OC[C@H]2C1=C(CO[Si](c1ccccc1)(c1ccccc1)C(C)(C)C)C[C@H]1C(=O)N(c3cc(C(F)(F)F)cc(C(F)(F)F)c3)C(=O)[C@H]12. The Kier molecular flexibility index (Phi) is 11.4. The van der Waals surface area contributed by atoms with E-state index < -0.39 is 78.2 Å². The van der Waals surface area contributed by atoms with Gasteiger partial charge >= 0.3 is 12.4 Å². The second kappa shape index (κ2) is 15.9. The third-order valence-corrected chi connectivity index (χ3v) is 16.8. The molecule has 0 bridgehead atoms. The minimum atomic E-state index is -5.17. The number of alkyl halides is 6. The van der Waals surface area contributed by atoms with E-state index in [1.54, 1.807) is 18.2 Å². The molecule has 4 atom stereocenters. The normalized spacial score (nSPS) is 21.6. The van der Waals surface area contributed by atoms with Gasteiger partial charge in [0, 0.05) is 11.5 Å². The number of phenols is 1. The van der Waals surface area contributed by atoms with Crippen molar-refractivity contribution in [1.82, 2.24) is 0 Å². The summed E-state index contributed by atoms with van der Waals surface area (Å²) in [6.45, 7) is 8.38. The van der Waals surface area contributed by atoms with Crippen molar-refractivity contribution < 1.29 is 50.2 Å². The molecule has 2 aliphatic heterocycles. The van der Waals surface area contributed by atoms with Crippen molar-refractivity contribution >= 4 is 42.3 Å². The molecule has 6 nitrogen and oxygen atoms in total. The van der Waals surface area contributed by atoms with Crippen LogP contribution < -0.4 is 15.3 Å². The fraction of sp³-hybridized carbons (Fsp3) is 0.348. The number of hydrogen-bond donors (Lipinski definition) is 1. The quantitative estimate of drug-likeness (QED) is 0.0746. The highest BCUT2D eigenvalue weighted by Gasteiger charge is 2.58. The number of hydrogen-bond acceptors (Lipinski definition) is 5. The molecule has 13 heteroatoms. The van der Waals surface area contributed by atoms with Crippen molar-refractivity contribution in [3.05, 3.63) is 137 Å². The molecule has 4 aromatic rings. The van der Waals surface area contributed by atoms with Crippen LogP contribution in [0.25, 0.3) is 6.08 Å². The number of carbonyl (C=O) groups is 2. The van der Waals surface area contributed by atoms with Crippen molar-refractivity contribution in [1.29, 1.82) is 0 Å². The lowest BCUT2D eigenvalue weighted by molar-refractivity contribution is -0.143. The molecule has 59 heavy (non-hydrogen) atoms. The van der Waals surface area contributed by atoms with Gasteiger partial charge in [0.2, 0.25) is 11.8 Å². The van der Waals surface area contributed by atoms with Gasteiger partial charge in [0.05, 0.1) is 48.0 Å². The minimum Gasteiger partial charge on any atom is -0.507 e. The number of para-hydroxylation sites is 1. The van der Waals surface area contributed by atoms with Crippen molar-refractivity contribution in [2.45, 2.75) is 70.5 Å². The summed E-state index contributed by atoms with van der Waals surface area (Å²) in [4.78, 5) is 29.2. The second-order valence-electron chi connectivity index (χ2n) is 16.6. The first-order valence-electron chi connectivity index (χ1n) is 19.5. The highest BCUT2D eigenvalue weighted by Crippen LogP contribution is 2.52. The van der Waals surface area contributed by atoms with E-state index in [0.717, 1.165) is 27.1 Å². The third-order valence-electron chi connectivity index (χ3n) is 11.9. The molecule has 2 fully saturated rings. The van der Waals surface area contributed by atoms with Crippen LogP contribution in [0.15, 0.2) is 120 Å². The fourth-order valence-electron chi connectivity index (χ4n) is 9.19. The predicted octanol–water partition coefficient (Wildman–Crippen LogP) is 9.71. The Morgan fingerprint density at radius 1 is 0.814 bits per heavy atom. The van der Waals surface area contributed by atoms with Crippen LogP contribution in [0.4, 0.5) is 32.0 Å². The number of fused-ring (bicyclic) bond motifs is 3. The number of halogens is 6. The largest absolute Gasteiger partial charge is 0.507 e. The average Bonchev–Trinajstić information content (AvgIpc) is 3.72. The lowest BCUT2D eigenvalue weighted by Gasteiger charge is -2.44. The fourth-order valence-corrected chi connectivity index (χ4v) is 13.7. The first-order valence-corrected chi connectivity index (χ1v) is 21.4. The number of nitrogens with zero attached hydrogens (tertiary/aromatic N) is 1. The zero-order chi connectivity index (χ0) is 42.5. The van der Waals surface area contributed by atoms with Crippen LogP contribution in [0.3, 0.4) is 0 Å². The first-order chi connectivity index (χ1) is 27.8. The Labute approximate surface area is 340 Å². The lowest BCUT2D eigenvalue weighted by atomic mass is 9.69. The van der Waals surface area contributed by atoms with Crippen molar-refractivity contribution in [2.24, 2.45) is 17.8 Å². The molecule has 4 aromatic carbocycles. The average molecular weight is 834 g/mol. The molecule has 1 aliphatic carbocycles. The molecule has 2 heterocycles. The van der Waals surface area contributed by atoms with Gasteiger partial charge in [-0.15, -0.1) is 0 Å². The van der Waals surface area contributed by atoms with Crippen molar-refractivity contribution in [3.63, 3.8) is 0 Å². The number of aromatic hydroxyl groups is 1. The van der Waals surface area contributed by atoms with Gasteiger partial charge in [-0.05, 0) is 77.0 Å². The molecule has 7 rings (SSSR count). The summed E-state index contributed by atoms with van der Waals surface area (Å²) in [6.07, 6.45) is -7.98. The number of ether oxygens (including phenoxy) is 1. The Balaban J connectivity index is 1.30. The highest BCUT2D eigenvalue weighted by molar-refractivity contribution is 6.99. The van der Waals surface area contributed by atoms with Crippen LogP contribution in [0.5, 0.6) is 5.75 Å². The Bertz CT molecular complexity index is 2210. The maximum absolute atomic E-state index is 14.4. The van der Waals surface area contributed by atoms with Gasteiger partial charge in [0.25, 0.3) is 8.32 Å². The Morgan fingerprint density at radius 2 is 1.37 bits per heavy atom. The molecule has 1 N–H and O–H groups in total. The third kappa shape index (κ3) is 8.04. The molecular formula is C46H45F6NO5Si. The Hall–Kier alpha value is -4.98. The number of amides is 2. The van der Waals surface area contributed by atoms with Gasteiger partial charge < -0.3 is 14.3 Å². The van der Waals surface area contributed by atoms with Crippen LogP contribution in [-0.4, -0.2) is 44.6 Å². The van der Waals surface area contributed by atoms with Crippen LogP contribution in [0.1, 0.15) is 63.6 Å². The number of allylic oxidation sites excluding steroid dienone is 1. The maximum atomic E-state index is 14.4. The summed E-state index contributed by atoms with van der Waals surface area (Å²) in [7, 11) is -3.15. The van der Waals surface area contributed by atoms with Gasteiger partial charge in [0.15, 0.2) is 0 Å². The highest BCUT2D eigenvalue weighted by atomic mass is 28.4. The van der Waals surface area contributed by atoms with E-state index in [0.29, 0.717) is 35.4 Å². The van der Waals surface area contributed by atoms with Crippen LogP contribution >= 0.6 is 0 Å². The standard InChI is InChI=1S/C46H45F6NO5Si/c1-28(21-29-13-11-12-18-38(29)54)19-20-39-40-30(26-58-59(44(2,3)4,34-14-7-5-8-15-34)35-16-9-6-10-17-35)22-36-41(37(40)27-57-39)43(56)53(42(36)55)33-24-31(45(47,48)49)23-32(25-33)46(50,51)52/h5-18,21,23-25,36-37,39,41,54H,19-20,22,26-27H2,1-4H3/b28-21+/t36-,37+,39-,41-/m1/s1. The van der Waals surface area contributed by atoms with Crippen molar-refractivity contribution in [2.75, 3.05) is 18.1 Å². The number of imide groups is 1. The number of rotatable bonds is 10. The van der Waals surface area contributed by atoms with E-state index in [-0.39, 0.29) is 31.5 Å². The van der Waals surface area contributed by atoms with Gasteiger partial charge in [0.1, 0.15) is 5.75 Å². The molecule has 2 amide bonds. The molecule has 0 spiro atoms. The second-order valence-corrected chi connectivity index (χ2v) is 20.9. The maximum Gasteiger partial charge on any atom is 0.416 e. The molecule has 0 aromatic heterocycles. The van der Waals surface area contributed by atoms with Crippen LogP contribution in [0, 0.1) is 17.8 Å². The topological polar surface area (TPSA) is 76.1 Å². The summed E-state index contributed by atoms with van der Waals surface area (Å²) < 4.78 is 97.5. The molecule has 2 saturated heterocycles. The smallest absolute Gasteiger partial charge is 0.416 e. The summed E-state index contributed by atoms with van der Waals surface area (Å²) in [5, 5.41) is 12.0. The summed E-state index contributed by atoms with van der Waals surface area (Å²) >= 11 is 0. The van der Waals surface area contributed by atoms with Crippen LogP contribution in [-0.2, 0) is 31.1 Å². The van der Waals surface area contributed by atoms with Gasteiger partial charge in [-0.1, -0.05) is 111 Å². The van der Waals surface area contributed by atoms with E-state index in [1.807, 2.05) is 79.7 Å². The molecule has 3 aliphatic rings. The van der Waals surface area contributed by atoms with E-state index in [4.69, 9.17) is 9.16 Å². The summed E-state index contributed by atoms with van der Waals surface area (Å²) in [5.74, 6) is -4.40. The van der Waals surface area contributed by atoms with Gasteiger partial charge in [-0.2, -0.15) is 26.3 Å². The molecule has 310 valence electrons. The van der Waals surface area contributed by atoms with E-state index in [9.17, 15) is 41.0 Å². The van der Waals surface area contributed by atoms with Gasteiger partial charge in [-0.3, -0.25) is 9.59 Å². The van der Waals surface area contributed by atoms with E-state index >= 15 is 0 Å². The molecule has 0 radical (unpaired) electrons. The first kappa shape index (κ1) is 42.2. The zero-order valence-electron chi connectivity index (χ0n) is 33.0. The van der Waals surface area contributed by atoms with Crippen LogP contribution in [0.2, 0.25) is 5.04 Å². The summed E-state index contributed by atoms with van der Waals surface area (Å²) in [6, 6.07) is 27.6. The lowest BCUT2D eigenvalue weighted by Crippen LogP contribution is -2.66. The van der Waals surface area contributed by atoms with Crippen molar-refractivity contribution in [3.8, 4) is 5.75 Å². The summed E-state index contributed by atoms with van der Waals surface area (Å²) in [5.41, 5.74) is -0.905. The predicted molar refractivity (Wildman–Crippen MR) is 215 cm³/mol. The number of carbonyl (C=O) groups excluding carboxylic acids is 2. The number of phenolic OH excluding ortho intramolecular Hbond substituents is 1. The molecule has 0 saturated carbocycles. The monoisotopic (exact) mass is 833 g/mol. The van der Waals surface area contributed by atoms with E-state index in [1.165, 1.54) is 0 Å². The van der Waals surface area contributed by atoms with E-state index in [2.05, 4.69) is 20.8 Å². The number of benzene rings is 4. The minimum absolute atomic E-state index is 0.00738. The Morgan fingerprint density at radius 3 is 1.92 bits per heavy atom. The van der Waals surface area contributed by atoms with Gasteiger partial charge in [-0.25, -0.2) is 4.90 Å². The molecular weight excluding hydrogens is 789 g/mol. The number of anilines is 1. The zero-order valence-corrected chi connectivity index (χ0v) is 34.0. The molecule has 0 unspecified atom stereocenters.